The molecule has 2 aromatic rings. The minimum Gasteiger partial charge on any atom is -0.340 e. The normalized spacial score (nSPS) is 15.0. The third-order valence-corrected chi connectivity index (χ3v) is 7.10. The van der Waals surface area contributed by atoms with Gasteiger partial charge in [-0.15, -0.1) is 0 Å². The standard InChI is InChI=1S/C18H16Cl2FNO3S/c19-13-3-1-12(17(20)9-13)2-8-18(23)22-10-16(11-22)26(24,25)15-6-4-14(21)5-7-15/h1,3-7,9,16H,2,8,10-11H2. The van der Waals surface area contributed by atoms with Crippen molar-refractivity contribution in [1.82, 2.24) is 4.90 Å². The fraction of sp³-hybridized carbons (Fsp3) is 0.278. The molecular formula is C18H16Cl2FNO3S. The first kappa shape index (κ1) is 19.1. The number of nitrogens with zero attached hydrogens (tertiary/aromatic N) is 1. The number of likely N-dealkylation sites (tertiary alicyclic amines) is 1. The average Bonchev–Trinajstić information content (AvgIpc) is 2.52. The van der Waals surface area contributed by atoms with Crippen LogP contribution in [0.25, 0.3) is 0 Å². The molecular weight excluding hydrogens is 400 g/mol. The smallest absolute Gasteiger partial charge is 0.222 e. The largest absolute Gasteiger partial charge is 0.340 e. The van der Waals surface area contributed by atoms with Crippen molar-refractivity contribution < 1.29 is 17.6 Å². The predicted molar refractivity (Wildman–Crippen MR) is 98.7 cm³/mol. The second-order valence-corrected chi connectivity index (χ2v) is 9.23. The second kappa shape index (κ2) is 7.55. The molecule has 1 aliphatic heterocycles. The summed E-state index contributed by atoms with van der Waals surface area (Å²) < 4.78 is 37.9. The highest BCUT2D eigenvalue weighted by Gasteiger charge is 2.40. The molecule has 1 amide bonds. The SMILES string of the molecule is O=C(CCc1ccc(Cl)cc1Cl)N1CC(S(=O)(=O)c2ccc(F)cc2)C1. The minimum atomic E-state index is -3.56. The molecule has 4 nitrogen and oxygen atoms in total. The minimum absolute atomic E-state index is 0.0731. The number of aryl methyl sites for hydroxylation is 1. The van der Waals surface area contributed by atoms with Gasteiger partial charge in [0.15, 0.2) is 9.84 Å². The molecule has 1 saturated heterocycles. The molecule has 0 N–H and O–H groups in total. The van der Waals surface area contributed by atoms with Crippen molar-refractivity contribution in [2.75, 3.05) is 13.1 Å². The van der Waals surface area contributed by atoms with Crippen LogP contribution in [0.5, 0.6) is 0 Å². The monoisotopic (exact) mass is 415 g/mol. The molecule has 1 aliphatic rings. The number of rotatable bonds is 5. The first-order valence-corrected chi connectivity index (χ1v) is 10.3. The van der Waals surface area contributed by atoms with Gasteiger partial charge in [-0.2, -0.15) is 0 Å². The van der Waals surface area contributed by atoms with Crippen LogP contribution in [0.15, 0.2) is 47.4 Å². The third kappa shape index (κ3) is 4.03. The van der Waals surface area contributed by atoms with E-state index in [0.29, 0.717) is 16.5 Å². The topological polar surface area (TPSA) is 54.5 Å². The van der Waals surface area contributed by atoms with Crippen LogP contribution in [0.3, 0.4) is 0 Å². The van der Waals surface area contributed by atoms with E-state index in [4.69, 9.17) is 23.2 Å². The van der Waals surface area contributed by atoms with Gasteiger partial charge in [-0.25, -0.2) is 12.8 Å². The van der Waals surface area contributed by atoms with Gasteiger partial charge in [0.1, 0.15) is 11.1 Å². The number of hydrogen-bond donors (Lipinski definition) is 0. The number of amides is 1. The van der Waals surface area contributed by atoms with Crippen LogP contribution in [-0.2, 0) is 21.1 Å². The molecule has 0 aliphatic carbocycles. The molecule has 0 unspecified atom stereocenters. The highest BCUT2D eigenvalue weighted by molar-refractivity contribution is 7.92. The van der Waals surface area contributed by atoms with Crippen molar-refractivity contribution in [2.24, 2.45) is 0 Å². The van der Waals surface area contributed by atoms with Crippen LogP contribution >= 0.6 is 23.2 Å². The van der Waals surface area contributed by atoms with Crippen LogP contribution in [0.2, 0.25) is 10.0 Å². The van der Waals surface area contributed by atoms with E-state index >= 15 is 0 Å². The molecule has 0 spiro atoms. The number of sulfone groups is 1. The second-order valence-electron chi connectivity index (χ2n) is 6.16. The Hall–Kier alpha value is -1.63. The number of halogens is 3. The molecule has 0 radical (unpaired) electrons. The van der Waals surface area contributed by atoms with Crippen molar-refractivity contribution >= 4 is 38.9 Å². The molecule has 138 valence electrons. The fourth-order valence-corrected chi connectivity index (χ4v) is 4.93. The third-order valence-electron chi connectivity index (χ3n) is 4.41. The lowest BCUT2D eigenvalue weighted by Gasteiger charge is -2.38. The first-order valence-electron chi connectivity index (χ1n) is 7.98. The average molecular weight is 416 g/mol. The van der Waals surface area contributed by atoms with Crippen molar-refractivity contribution in [3.05, 3.63) is 63.9 Å². The number of carbonyl (C=O) groups excluding carboxylic acids is 1. The van der Waals surface area contributed by atoms with Gasteiger partial charge in [0.05, 0.1) is 4.90 Å². The Morgan fingerprint density at radius 1 is 1.12 bits per heavy atom. The maximum absolute atomic E-state index is 13.0. The summed E-state index contributed by atoms with van der Waals surface area (Å²) in [5.41, 5.74) is 0.820. The molecule has 0 saturated carbocycles. The fourth-order valence-electron chi connectivity index (χ4n) is 2.78. The molecule has 2 aromatic carbocycles. The van der Waals surface area contributed by atoms with E-state index in [1.807, 2.05) is 0 Å². The number of hydrogen-bond acceptors (Lipinski definition) is 3. The molecule has 1 fully saturated rings. The zero-order valence-electron chi connectivity index (χ0n) is 13.7. The van der Waals surface area contributed by atoms with E-state index in [-0.39, 0.29) is 30.3 Å². The molecule has 8 heteroatoms. The van der Waals surface area contributed by atoms with Crippen LogP contribution in [0, 0.1) is 5.82 Å². The predicted octanol–water partition coefficient (Wildman–Crippen LogP) is 3.75. The van der Waals surface area contributed by atoms with Gasteiger partial charge in [0, 0.05) is 29.6 Å². The van der Waals surface area contributed by atoms with Gasteiger partial charge in [0.25, 0.3) is 0 Å². The highest BCUT2D eigenvalue weighted by atomic mass is 35.5. The van der Waals surface area contributed by atoms with Gasteiger partial charge in [-0.1, -0.05) is 29.3 Å². The summed E-state index contributed by atoms with van der Waals surface area (Å²) in [6, 6.07) is 9.83. The van der Waals surface area contributed by atoms with Crippen molar-refractivity contribution in [3.8, 4) is 0 Å². The van der Waals surface area contributed by atoms with E-state index < -0.39 is 20.9 Å². The van der Waals surface area contributed by atoms with Crippen LogP contribution in [0.4, 0.5) is 4.39 Å². The van der Waals surface area contributed by atoms with E-state index in [9.17, 15) is 17.6 Å². The van der Waals surface area contributed by atoms with Crippen molar-refractivity contribution in [3.63, 3.8) is 0 Å². The van der Waals surface area contributed by atoms with E-state index in [0.717, 1.165) is 17.7 Å². The quantitative estimate of drug-likeness (QED) is 0.698. The Labute approximate surface area is 161 Å². The lowest BCUT2D eigenvalue weighted by atomic mass is 10.1. The molecule has 3 rings (SSSR count). The molecule has 0 bridgehead atoms. The molecule has 26 heavy (non-hydrogen) atoms. The summed E-state index contributed by atoms with van der Waals surface area (Å²) in [5.74, 6) is -0.614. The number of benzene rings is 2. The van der Waals surface area contributed by atoms with Crippen molar-refractivity contribution in [1.29, 1.82) is 0 Å². The summed E-state index contributed by atoms with van der Waals surface area (Å²) in [6.07, 6.45) is 0.700. The number of carbonyl (C=O) groups is 1. The summed E-state index contributed by atoms with van der Waals surface area (Å²) >= 11 is 11.9. The lowest BCUT2D eigenvalue weighted by Crippen LogP contribution is -2.56. The Kier molecular flexibility index (Phi) is 5.55. The maximum atomic E-state index is 13.0. The first-order chi connectivity index (χ1) is 12.3. The highest BCUT2D eigenvalue weighted by Crippen LogP contribution is 2.26. The molecule has 1 heterocycles. The Balaban J connectivity index is 1.55. The molecule has 0 atom stereocenters. The van der Waals surface area contributed by atoms with E-state index in [2.05, 4.69) is 0 Å². The summed E-state index contributed by atoms with van der Waals surface area (Å²) in [5, 5.41) is 0.378. The zero-order valence-corrected chi connectivity index (χ0v) is 16.0. The van der Waals surface area contributed by atoms with Gasteiger partial charge in [0.2, 0.25) is 5.91 Å². The van der Waals surface area contributed by atoms with Crippen LogP contribution in [0.1, 0.15) is 12.0 Å². The van der Waals surface area contributed by atoms with Crippen molar-refractivity contribution in [2.45, 2.75) is 23.0 Å². The Morgan fingerprint density at radius 2 is 1.77 bits per heavy atom. The summed E-state index contributed by atoms with van der Waals surface area (Å²) in [7, 11) is -3.56. The lowest BCUT2D eigenvalue weighted by molar-refractivity contribution is -0.134. The van der Waals surface area contributed by atoms with Gasteiger partial charge in [-0.3, -0.25) is 4.79 Å². The van der Waals surface area contributed by atoms with Crippen LogP contribution in [-0.4, -0.2) is 37.6 Å². The summed E-state index contributed by atoms with van der Waals surface area (Å²) in [4.78, 5) is 13.8. The van der Waals surface area contributed by atoms with E-state index in [1.54, 1.807) is 18.2 Å². The van der Waals surface area contributed by atoms with Gasteiger partial charge >= 0.3 is 0 Å². The Bertz CT molecular complexity index is 926. The van der Waals surface area contributed by atoms with Gasteiger partial charge < -0.3 is 4.90 Å². The zero-order chi connectivity index (χ0) is 18.9. The maximum Gasteiger partial charge on any atom is 0.222 e. The van der Waals surface area contributed by atoms with Crippen LogP contribution < -0.4 is 0 Å². The summed E-state index contributed by atoms with van der Waals surface area (Å²) in [6.45, 7) is 0.291. The van der Waals surface area contributed by atoms with Gasteiger partial charge in [-0.05, 0) is 48.4 Å². The molecule has 0 aromatic heterocycles. The Morgan fingerprint density at radius 3 is 2.38 bits per heavy atom. The van der Waals surface area contributed by atoms with E-state index in [1.165, 1.54) is 17.0 Å².